The van der Waals surface area contributed by atoms with E-state index >= 15 is 0 Å². The van der Waals surface area contributed by atoms with Crippen LogP contribution in [-0.4, -0.2) is 37.1 Å². The fraction of sp³-hybridized carbons (Fsp3) is 1.00. The van der Waals surface area contributed by atoms with Gasteiger partial charge in [-0.2, -0.15) is 0 Å². The maximum atomic E-state index is 3.28. The highest BCUT2D eigenvalue weighted by atomic mass is 15.2. The molecule has 1 rings (SSSR count). The molecule has 0 radical (unpaired) electrons. The van der Waals surface area contributed by atoms with Gasteiger partial charge in [-0.15, -0.1) is 0 Å². The Bertz CT molecular complexity index is 168. The summed E-state index contributed by atoms with van der Waals surface area (Å²) < 4.78 is 0. The lowest BCUT2D eigenvalue weighted by Crippen LogP contribution is -2.47. The summed E-state index contributed by atoms with van der Waals surface area (Å²) in [6.07, 6.45) is 5.54. The van der Waals surface area contributed by atoms with Crippen molar-refractivity contribution in [1.29, 1.82) is 0 Å². The monoisotopic (exact) mass is 212 g/mol. The highest BCUT2D eigenvalue weighted by Crippen LogP contribution is 2.24. The maximum absolute atomic E-state index is 3.28. The van der Waals surface area contributed by atoms with Crippen LogP contribution in [0.3, 0.4) is 0 Å². The standard InChI is InChI=1S/C13H28N2/c1-11(2)12(3)15-10-6-5-7-13(15)8-9-14-4/h11-14H,5-10H2,1-4H3. The first kappa shape index (κ1) is 13.0. The molecule has 0 amide bonds. The molecule has 2 unspecified atom stereocenters. The number of nitrogens with zero attached hydrogens (tertiary/aromatic N) is 1. The summed E-state index contributed by atoms with van der Waals surface area (Å²) in [6, 6.07) is 1.57. The van der Waals surface area contributed by atoms with Gasteiger partial charge in [0.2, 0.25) is 0 Å². The van der Waals surface area contributed by atoms with Crippen LogP contribution >= 0.6 is 0 Å². The Labute approximate surface area is 95.4 Å². The van der Waals surface area contributed by atoms with E-state index in [1.54, 1.807) is 0 Å². The zero-order valence-corrected chi connectivity index (χ0v) is 10.9. The Morgan fingerprint density at radius 3 is 2.60 bits per heavy atom. The minimum Gasteiger partial charge on any atom is -0.320 e. The van der Waals surface area contributed by atoms with Gasteiger partial charge in [0.25, 0.3) is 0 Å². The van der Waals surface area contributed by atoms with Gasteiger partial charge in [-0.25, -0.2) is 0 Å². The van der Waals surface area contributed by atoms with Crippen molar-refractivity contribution in [3.8, 4) is 0 Å². The first-order valence-corrected chi connectivity index (χ1v) is 6.57. The molecule has 0 aromatic carbocycles. The molecular formula is C13H28N2. The molecule has 2 heteroatoms. The van der Waals surface area contributed by atoms with Crippen LogP contribution in [0.4, 0.5) is 0 Å². The van der Waals surface area contributed by atoms with Crippen LogP contribution in [-0.2, 0) is 0 Å². The average Bonchev–Trinajstić information content (AvgIpc) is 2.25. The number of rotatable bonds is 5. The number of likely N-dealkylation sites (tertiary alicyclic amines) is 1. The number of piperidine rings is 1. The fourth-order valence-electron chi connectivity index (χ4n) is 2.56. The number of hydrogen-bond acceptors (Lipinski definition) is 2. The Balaban J connectivity index is 2.49. The quantitative estimate of drug-likeness (QED) is 0.753. The number of hydrogen-bond donors (Lipinski definition) is 1. The number of nitrogens with one attached hydrogen (secondary N) is 1. The summed E-state index contributed by atoms with van der Waals surface area (Å²) in [5, 5.41) is 3.28. The van der Waals surface area contributed by atoms with E-state index in [0.29, 0.717) is 0 Å². The van der Waals surface area contributed by atoms with E-state index in [-0.39, 0.29) is 0 Å². The Morgan fingerprint density at radius 1 is 1.27 bits per heavy atom. The molecular weight excluding hydrogens is 184 g/mol. The predicted molar refractivity (Wildman–Crippen MR) is 67.2 cm³/mol. The lowest BCUT2D eigenvalue weighted by Gasteiger charge is -2.41. The topological polar surface area (TPSA) is 15.3 Å². The van der Waals surface area contributed by atoms with Gasteiger partial charge in [0.1, 0.15) is 0 Å². The Kier molecular flexibility index (Phi) is 5.62. The molecule has 0 bridgehead atoms. The third kappa shape index (κ3) is 3.76. The Morgan fingerprint density at radius 2 is 2.00 bits per heavy atom. The summed E-state index contributed by atoms with van der Waals surface area (Å²) in [5.41, 5.74) is 0. The van der Waals surface area contributed by atoms with Gasteiger partial charge in [0, 0.05) is 12.1 Å². The summed E-state index contributed by atoms with van der Waals surface area (Å²) in [5.74, 6) is 0.778. The van der Waals surface area contributed by atoms with E-state index in [9.17, 15) is 0 Å². The normalized spacial score (nSPS) is 25.8. The van der Waals surface area contributed by atoms with Gasteiger partial charge < -0.3 is 5.32 Å². The van der Waals surface area contributed by atoms with Crippen molar-refractivity contribution in [3.05, 3.63) is 0 Å². The fourth-order valence-corrected chi connectivity index (χ4v) is 2.56. The highest BCUT2D eigenvalue weighted by Gasteiger charge is 2.27. The molecule has 90 valence electrons. The lowest BCUT2D eigenvalue weighted by atomic mass is 9.94. The smallest absolute Gasteiger partial charge is 0.0110 e. The predicted octanol–water partition coefficient (Wildman–Crippen LogP) is 2.49. The third-order valence-corrected chi connectivity index (χ3v) is 3.89. The molecule has 2 atom stereocenters. The minimum absolute atomic E-state index is 0.743. The molecule has 1 aliphatic rings. The molecule has 2 nitrogen and oxygen atoms in total. The molecule has 1 saturated heterocycles. The van der Waals surface area contributed by atoms with Crippen LogP contribution in [0.5, 0.6) is 0 Å². The second-order valence-electron chi connectivity index (χ2n) is 5.26. The van der Waals surface area contributed by atoms with Crippen molar-refractivity contribution in [2.75, 3.05) is 20.1 Å². The largest absolute Gasteiger partial charge is 0.320 e. The van der Waals surface area contributed by atoms with Crippen molar-refractivity contribution in [3.63, 3.8) is 0 Å². The molecule has 0 spiro atoms. The van der Waals surface area contributed by atoms with Crippen molar-refractivity contribution in [1.82, 2.24) is 10.2 Å². The van der Waals surface area contributed by atoms with Gasteiger partial charge >= 0.3 is 0 Å². The van der Waals surface area contributed by atoms with Gasteiger partial charge in [-0.05, 0) is 52.2 Å². The summed E-state index contributed by atoms with van der Waals surface area (Å²) in [7, 11) is 2.05. The van der Waals surface area contributed by atoms with Crippen molar-refractivity contribution < 1.29 is 0 Å². The van der Waals surface area contributed by atoms with Crippen LogP contribution in [0.25, 0.3) is 0 Å². The van der Waals surface area contributed by atoms with Gasteiger partial charge in [-0.3, -0.25) is 4.90 Å². The van der Waals surface area contributed by atoms with Crippen LogP contribution in [0.2, 0.25) is 0 Å². The third-order valence-electron chi connectivity index (χ3n) is 3.89. The second kappa shape index (κ2) is 6.49. The molecule has 0 aromatic heterocycles. The van der Waals surface area contributed by atoms with E-state index < -0.39 is 0 Å². The second-order valence-corrected chi connectivity index (χ2v) is 5.26. The van der Waals surface area contributed by atoms with E-state index in [1.807, 2.05) is 0 Å². The molecule has 0 saturated carbocycles. The zero-order chi connectivity index (χ0) is 11.3. The molecule has 1 heterocycles. The van der Waals surface area contributed by atoms with E-state index in [2.05, 4.69) is 38.0 Å². The van der Waals surface area contributed by atoms with Crippen LogP contribution in [0.1, 0.15) is 46.5 Å². The van der Waals surface area contributed by atoms with Crippen molar-refractivity contribution >= 4 is 0 Å². The summed E-state index contributed by atoms with van der Waals surface area (Å²) >= 11 is 0. The Hall–Kier alpha value is -0.0800. The van der Waals surface area contributed by atoms with Gasteiger partial charge in [0.05, 0.1) is 0 Å². The van der Waals surface area contributed by atoms with Crippen LogP contribution in [0, 0.1) is 5.92 Å². The minimum atomic E-state index is 0.743. The van der Waals surface area contributed by atoms with E-state index in [4.69, 9.17) is 0 Å². The lowest BCUT2D eigenvalue weighted by molar-refractivity contribution is 0.0743. The van der Waals surface area contributed by atoms with E-state index in [1.165, 1.54) is 32.2 Å². The summed E-state index contributed by atoms with van der Waals surface area (Å²) in [4.78, 5) is 2.74. The van der Waals surface area contributed by atoms with Gasteiger partial charge in [-0.1, -0.05) is 20.3 Å². The first-order valence-electron chi connectivity index (χ1n) is 6.57. The first-order chi connectivity index (χ1) is 7.16. The molecule has 1 fully saturated rings. The van der Waals surface area contributed by atoms with Crippen LogP contribution in [0.15, 0.2) is 0 Å². The van der Waals surface area contributed by atoms with Crippen LogP contribution < -0.4 is 5.32 Å². The zero-order valence-electron chi connectivity index (χ0n) is 10.9. The SMILES string of the molecule is CNCCC1CCCCN1C(C)C(C)C. The van der Waals surface area contributed by atoms with Crippen molar-refractivity contribution in [2.24, 2.45) is 5.92 Å². The summed E-state index contributed by atoms with van der Waals surface area (Å²) in [6.45, 7) is 9.55. The molecule has 0 aromatic rings. The highest BCUT2D eigenvalue weighted by molar-refractivity contribution is 4.82. The molecule has 1 N–H and O–H groups in total. The van der Waals surface area contributed by atoms with Crippen molar-refractivity contribution in [2.45, 2.75) is 58.5 Å². The molecule has 15 heavy (non-hydrogen) atoms. The average molecular weight is 212 g/mol. The van der Waals surface area contributed by atoms with E-state index in [0.717, 1.165) is 24.5 Å². The van der Waals surface area contributed by atoms with Gasteiger partial charge in [0.15, 0.2) is 0 Å². The molecule has 1 aliphatic heterocycles. The maximum Gasteiger partial charge on any atom is 0.0110 e. The molecule has 0 aliphatic carbocycles.